The topological polar surface area (TPSA) is 78.7 Å². The highest BCUT2D eigenvalue weighted by atomic mass is 35.5. The number of hydrogen-bond donors (Lipinski definition) is 1. The fraction of sp³-hybridized carbons (Fsp3) is 0.316. The highest BCUT2D eigenvalue weighted by Crippen LogP contribution is 2.27. The normalized spacial score (nSPS) is 15.3. The van der Waals surface area contributed by atoms with Crippen molar-refractivity contribution in [2.24, 2.45) is 0 Å². The van der Waals surface area contributed by atoms with E-state index in [0.717, 1.165) is 38.3 Å². The van der Waals surface area contributed by atoms with Gasteiger partial charge in [-0.05, 0) is 23.8 Å². The maximum Gasteiger partial charge on any atom is 0.271 e. The molecule has 0 aromatic heterocycles. The molecule has 2 aromatic rings. The van der Waals surface area contributed by atoms with Crippen LogP contribution in [0.15, 0.2) is 36.4 Å². The number of anilines is 1. The van der Waals surface area contributed by atoms with Crippen LogP contribution < -0.4 is 5.32 Å². The third kappa shape index (κ3) is 6.04. The molecule has 0 atom stereocenters. The van der Waals surface area contributed by atoms with Crippen LogP contribution in [0.4, 0.5) is 11.4 Å². The number of benzene rings is 2. The van der Waals surface area contributed by atoms with Crippen LogP contribution >= 0.6 is 34.8 Å². The standard InChI is InChI=1S/C19H19Cl3N4O3/c20-15-3-1-13(9-17(15)22)11-24-5-7-25(8-6-24)12-19(27)23-18-10-14(26(28)29)2-4-16(18)21/h1-4,9-10H,5-8,11-12H2,(H,23,27). The number of halogens is 3. The zero-order chi connectivity index (χ0) is 21.0. The minimum Gasteiger partial charge on any atom is -0.323 e. The van der Waals surface area contributed by atoms with E-state index in [9.17, 15) is 14.9 Å². The molecular formula is C19H19Cl3N4O3. The summed E-state index contributed by atoms with van der Waals surface area (Å²) in [5.41, 5.74) is 1.20. The summed E-state index contributed by atoms with van der Waals surface area (Å²) >= 11 is 18.0. The maximum atomic E-state index is 12.3. The Labute approximate surface area is 183 Å². The lowest BCUT2D eigenvalue weighted by Crippen LogP contribution is -2.48. The minimum atomic E-state index is -0.529. The second-order valence-electron chi connectivity index (χ2n) is 6.77. The number of nitrogens with zero attached hydrogens (tertiary/aromatic N) is 3. The van der Waals surface area contributed by atoms with Crippen molar-refractivity contribution in [3.63, 3.8) is 0 Å². The first-order chi connectivity index (χ1) is 13.8. The molecule has 0 unspecified atom stereocenters. The summed E-state index contributed by atoms with van der Waals surface area (Å²) in [6.07, 6.45) is 0. The van der Waals surface area contributed by atoms with Gasteiger partial charge in [-0.1, -0.05) is 40.9 Å². The molecule has 1 heterocycles. The molecule has 10 heteroatoms. The number of non-ortho nitro benzene ring substituents is 1. The Bertz CT molecular complexity index is 918. The van der Waals surface area contributed by atoms with Crippen molar-refractivity contribution in [1.29, 1.82) is 0 Å². The van der Waals surface area contributed by atoms with E-state index in [1.165, 1.54) is 18.2 Å². The van der Waals surface area contributed by atoms with Gasteiger partial charge in [0.1, 0.15) is 0 Å². The SMILES string of the molecule is O=C(CN1CCN(Cc2ccc(Cl)c(Cl)c2)CC1)Nc1cc([N+](=O)[O-])ccc1Cl. The van der Waals surface area contributed by atoms with Crippen LogP contribution in [0.5, 0.6) is 0 Å². The number of carbonyl (C=O) groups excluding carboxylic acids is 1. The lowest BCUT2D eigenvalue weighted by atomic mass is 10.2. The fourth-order valence-electron chi connectivity index (χ4n) is 3.12. The average Bonchev–Trinajstić information content (AvgIpc) is 2.68. The van der Waals surface area contributed by atoms with Crippen LogP contribution in [0.2, 0.25) is 15.1 Å². The number of carbonyl (C=O) groups is 1. The molecule has 1 fully saturated rings. The van der Waals surface area contributed by atoms with E-state index in [4.69, 9.17) is 34.8 Å². The third-order valence-corrected chi connectivity index (χ3v) is 5.73. The Morgan fingerprint density at radius 2 is 1.62 bits per heavy atom. The van der Waals surface area contributed by atoms with Gasteiger partial charge in [-0.3, -0.25) is 24.7 Å². The van der Waals surface area contributed by atoms with E-state index in [1.807, 2.05) is 17.0 Å². The molecule has 29 heavy (non-hydrogen) atoms. The summed E-state index contributed by atoms with van der Waals surface area (Å²) in [4.78, 5) is 27.0. The molecule has 1 saturated heterocycles. The first-order valence-corrected chi connectivity index (χ1v) is 10.1. The van der Waals surface area contributed by atoms with Crippen LogP contribution in [0.3, 0.4) is 0 Å². The van der Waals surface area contributed by atoms with E-state index in [1.54, 1.807) is 6.07 Å². The number of nitro benzene ring substituents is 1. The van der Waals surface area contributed by atoms with Gasteiger partial charge < -0.3 is 5.32 Å². The largest absolute Gasteiger partial charge is 0.323 e. The molecule has 0 radical (unpaired) electrons. The molecule has 7 nitrogen and oxygen atoms in total. The van der Waals surface area contributed by atoms with Crippen molar-refractivity contribution in [3.05, 3.63) is 67.1 Å². The summed E-state index contributed by atoms with van der Waals surface area (Å²) in [5, 5.41) is 14.9. The number of nitro groups is 1. The molecule has 1 amide bonds. The summed E-state index contributed by atoms with van der Waals surface area (Å²) in [5.74, 6) is -0.259. The van der Waals surface area contributed by atoms with Crippen molar-refractivity contribution >= 4 is 52.1 Å². The van der Waals surface area contributed by atoms with Crippen LogP contribution in [0, 0.1) is 10.1 Å². The van der Waals surface area contributed by atoms with Gasteiger partial charge in [0.05, 0.1) is 32.2 Å². The second-order valence-corrected chi connectivity index (χ2v) is 7.99. The molecule has 1 aliphatic heterocycles. The van der Waals surface area contributed by atoms with Gasteiger partial charge in [0.25, 0.3) is 5.69 Å². The molecule has 2 aromatic carbocycles. The Morgan fingerprint density at radius 3 is 2.28 bits per heavy atom. The Hall–Kier alpha value is -1.90. The van der Waals surface area contributed by atoms with Gasteiger partial charge in [0, 0.05) is 44.9 Å². The maximum absolute atomic E-state index is 12.3. The summed E-state index contributed by atoms with van der Waals surface area (Å²) in [6.45, 7) is 4.05. The number of nitrogens with one attached hydrogen (secondary N) is 1. The number of rotatable bonds is 6. The average molecular weight is 458 g/mol. The Morgan fingerprint density at radius 1 is 0.966 bits per heavy atom. The van der Waals surface area contributed by atoms with Crippen LogP contribution in [-0.2, 0) is 11.3 Å². The van der Waals surface area contributed by atoms with Crippen LogP contribution in [0.25, 0.3) is 0 Å². The molecular weight excluding hydrogens is 439 g/mol. The highest BCUT2D eigenvalue weighted by Gasteiger charge is 2.20. The predicted octanol–water partition coefficient (Wildman–Crippen LogP) is 4.31. The van der Waals surface area contributed by atoms with Gasteiger partial charge in [0.2, 0.25) is 5.91 Å². The van der Waals surface area contributed by atoms with Crippen LogP contribution in [0.1, 0.15) is 5.56 Å². The van der Waals surface area contributed by atoms with E-state index in [0.29, 0.717) is 10.0 Å². The zero-order valence-corrected chi connectivity index (χ0v) is 17.7. The lowest BCUT2D eigenvalue weighted by molar-refractivity contribution is -0.384. The number of hydrogen-bond acceptors (Lipinski definition) is 5. The molecule has 0 aliphatic carbocycles. The van der Waals surface area contributed by atoms with Gasteiger partial charge in [-0.25, -0.2) is 0 Å². The van der Waals surface area contributed by atoms with E-state index in [2.05, 4.69) is 10.2 Å². The van der Waals surface area contributed by atoms with Crippen LogP contribution in [-0.4, -0.2) is 53.4 Å². The summed E-state index contributed by atoms with van der Waals surface area (Å²) in [6, 6.07) is 9.57. The molecule has 0 spiro atoms. The van der Waals surface area contributed by atoms with E-state index < -0.39 is 4.92 Å². The lowest BCUT2D eigenvalue weighted by Gasteiger charge is -2.34. The van der Waals surface area contributed by atoms with Gasteiger partial charge >= 0.3 is 0 Å². The van der Waals surface area contributed by atoms with Crippen molar-refractivity contribution in [2.45, 2.75) is 6.54 Å². The van der Waals surface area contributed by atoms with Crippen molar-refractivity contribution in [2.75, 3.05) is 38.0 Å². The molecule has 1 N–H and O–H groups in total. The second kappa shape index (κ2) is 9.73. The first-order valence-electron chi connectivity index (χ1n) is 8.94. The molecule has 154 valence electrons. The number of piperazine rings is 1. The van der Waals surface area contributed by atoms with Crippen molar-refractivity contribution in [3.8, 4) is 0 Å². The number of amides is 1. The van der Waals surface area contributed by atoms with Gasteiger partial charge in [-0.2, -0.15) is 0 Å². The fourth-order valence-corrected chi connectivity index (χ4v) is 3.60. The molecule has 0 saturated carbocycles. The van der Waals surface area contributed by atoms with E-state index in [-0.39, 0.29) is 28.8 Å². The summed E-state index contributed by atoms with van der Waals surface area (Å²) in [7, 11) is 0. The molecule has 0 bridgehead atoms. The minimum absolute atomic E-state index is 0.124. The van der Waals surface area contributed by atoms with E-state index >= 15 is 0 Å². The monoisotopic (exact) mass is 456 g/mol. The zero-order valence-electron chi connectivity index (χ0n) is 15.4. The highest BCUT2D eigenvalue weighted by molar-refractivity contribution is 6.42. The first kappa shape index (κ1) is 21.8. The third-order valence-electron chi connectivity index (χ3n) is 4.66. The summed E-state index contributed by atoms with van der Waals surface area (Å²) < 4.78 is 0. The van der Waals surface area contributed by atoms with Crippen molar-refractivity contribution < 1.29 is 9.72 Å². The quantitative estimate of drug-likeness (QED) is 0.516. The molecule has 1 aliphatic rings. The molecule has 3 rings (SSSR count). The predicted molar refractivity (Wildman–Crippen MR) is 115 cm³/mol. The Balaban J connectivity index is 1.49. The smallest absolute Gasteiger partial charge is 0.271 e. The van der Waals surface area contributed by atoms with Crippen molar-refractivity contribution in [1.82, 2.24) is 9.80 Å². The van der Waals surface area contributed by atoms with Gasteiger partial charge in [0.15, 0.2) is 0 Å². The van der Waals surface area contributed by atoms with Gasteiger partial charge in [-0.15, -0.1) is 0 Å². The Kier molecular flexibility index (Phi) is 7.32.